The Morgan fingerprint density at radius 3 is 2.44 bits per heavy atom. The highest BCUT2D eigenvalue weighted by Gasteiger charge is 2.39. The smallest absolute Gasteiger partial charge is 0.228 e. The van der Waals surface area contributed by atoms with E-state index in [1.807, 2.05) is 0 Å². The standard InChI is InChI=1S/C22H28N2O2.ClH/c1-17-4-3-5-20(14-17)19-8-6-18(7-9-19)15-24-21(25)22(16-26-2)10-12-23-13-11-22;/h3-9,14,23H,10-13,15-16H2,1-2H3,(H,24,25);1H. The average Bonchev–Trinajstić information content (AvgIpc) is 2.67. The molecule has 1 heterocycles. The van der Waals surface area contributed by atoms with E-state index < -0.39 is 5.41 Å². The Kier molecular flexibility index (Phi) is 7.84. The zero-order chi connectivity index (χ0) is 18.4. The summed E-state index contributed by atoms with van der Waals surface area (Å²) in [6, 6.07) is 16.9. The number of amides is 1. The molecule has 2 N–H and O–H groups in total. The molecular formula is C22H29ClN2O2. The lowest BCUT2D eigenvalue weighted by molar-refractivity contribution is -0.136. The SMILES string of the molecule is COCC1(C(=O)NCc2ccc(-c3cccc(C)c3)cc2)CCNCC1.Cl. The number of halogens is 1. The third kappa shape index (κ3) is 5.32. The lowest BCUT2D eigenvalue weighted by Crippen LogP contribution is -2.49. The summed E-state index contributed by atoms with van der Waals surface area (Å²) in [5.74, 6) is 0.101. The van der Waals surface area contributed by atoms with E-state index in [1.165, 1.54) is 16.7 Å². The van der Waals surface area contributed by atoms with Crippen LogP contribution in [0.15, 0.2) is 48.5 Å². The Labute approximate surface area is 168 Å². The molecule has 1 saturated heterocycles. The second kappa shape index (κ2) is 9.88. The first-order valence-corrected chi connectivity index (χ1v) is 9.27. The number of methoxy groups -OCH3 is 1. The predicted octanol–water partition coefficient (Wildman–Crippen LogP) is 3.72. The molecule has 5 heteroatoms. The first-order valence-electron chi connectivity index (χ1n) is 9.27. The maximum absolute atomic E-state index is 12.8. The normalized spacial score (nSPS) is 15.6. The minimum atomic E-state index is -0.401. The van der Waals surface area contributed by atoms with Gasteiger partial charge in [-0.15, -0.1) is 12.4 Å². The van der Waals surface area contributed by atoms with Crippen molar-refractivity contribution in [2.75, 3.05) is 26.8 Å². The van der Waals surface area contributed by atoms with Gasteiger partial charge in [0.2, 0.25) is 5.91 Å². The van der Waals surface area contributed by atoms with Gasteiger partial charge in [0.25, 0.3) is 0 Å². The molecule has 1 aliphatic heterocycles. The molecule has 0 aromatic heterocycles. The highest BCUT2D eigenvalue weighted by atomic mass is 35.5. The Hall–Kier alpha value is -1.88. The molecule has 0 spiro atoms. The molecule has 0 bridgehead atoms. The van der Waals surface area contributed by atoms with E-state index in [4.69, 9.17) is 4.74 Å². The molecule has 3 rings (SSSR count). The second-order valence-corrected chi connectivity index (χ2v) is 7.21. The van der Waals surface area contributed by atoms with Gasteiger partial charge in [0, 0.05) is 13.7 Å². The minimum Gasteiger partial charge on any atom is -0.384 e. The number of piperidine rings is 1. The number of nitrogens with one attached hydrogen (secondary N) is 2. The summed E-state index contributed by atoms with van der Waals surface area (Å²) in [5, 5.41) is 6.43. The first-order chi connectivity index (χ1) is 12.6. The van der Waals surface area contributed by atoms with Gasteiger partial charge < -0.3 is 15.4 Å². The van der Waals surface area contributed by atoms with Gasteiger partial charge in [-0.1, -0.05) is 54.1 Å². The number of carbonyl (C=O) groups excluding carboxylic acids is 1. The zero-order valence-electron chi connectivity index (χ0n) is 16.1. The van der Waals surface area contributed by atoms with Crippen molar-refractivity contribution in [2.45, 2.75) is 26.3 Å². The van der Waals surface area contributed by atoms with Gasteiger partial charge >= 0.3 is 0 Å². The number of hydrogen-bond donors (Lipinski definition) is 2. The van der Waals surface area contributed by atoms with Crippen molar-refractivity contribution in [1.29, 1.82) is 0 Å². The molecule has 146 valence electrons. The molecule has 0 unspecified atom stereocenters. The molecule has 0 atom stereocenters. The first kappa shape index (κ1) is 21.4. The number of benzene rings is 2. The van der Waals surface area contributed by atoms with Crippen molar-refractivity contribution < 1.29 is 9.53 Å². The van der Waals surface area contributed by atoms with Crippen LogP contribution >= 0.6 is 12.4 Å². The van der Waals surface area contributed by atoms with Gasteiger partial charge in [0.1, 0.15) is 0 Å². The van der Waals surface area contributed by atoms with Crippen LogP contribution in [-0.2, 0) is 16.1 Å². The molecule has 4 nitrogen and oxygen atoms in total. The molecule has 2 aromatic carbocycles. The van der Waals surface area contributed by atoms with Crippen LogP contribution in [0.1, 0.15) is 24.0 Å². The minimum absolute atomic E-state index is 0. The summed E-state index contributed by atoms with van der Waals surface area (Å²) in [5.41, 5.74) is 4.37. The van der Waals surface area contributed by atoms with Crippen molar-refractivity contribution in [3.8, 4) is 11.1 Å². The summed E-state index contributed by atoms with van der Waals surface area (Å²) >= 11 is 0. The fourth-order valence-corrected chi connectivity index (χ4v) is 3.63. The van der Waals surface area contributed by atoms with Crippen LogP contribution in [-0.4, -0.2) is 32.7 Å². The molecule has 0 radical (unpaired) electrons. The maximum atomic E-state index is 12.8. The summed E-state index contributed by atoms with van der Waals surface area (Å²) in [6.07, 6.45) is 1.64. The van der Waals surface area contributed by atoms with Crippen molar-refractivity contribution in [3.63, 3.8) is 0 Å². The molecular weight excluding hydrogens is 360 g/mol. The number of hydrogen-bond acceptors (Lipinski definition) is 3. The number of carbonyl (C=O) groups is 1. The Morgan fingerprint density at radius 1 is 1.11 bits per heavy atom. The molecule has 1 amide bonds. The number of ether oxygens (including phenoxy) is 1. The van der Waals surface area contributed by atoms with Crippen LogP contribution < -0.4 is 10.6 Å². The van der Waals surface area contributed by atoms with Crippen LogP contribution in [0.2, 0.25) is 0 Å². The largest absolute Gasteiger partial charge is 0.384 e. The van der Waals surface area contributed by atoms with Gasteiger partial charge in [-0.25, -0.2) is 0 Å². The van der Waals surface area contributed by atoms with Crippen molar-refractivity contribution in [2.24, 2.45) is 5.41 Å². The maximum Gasteiger partial charge on any atom is 0.228 e. The molecule has 1 fully saturated rings. The van der Waals surface area contributed by atoms with Crippen LogP contribution in [0.5, 0.6) is 0 Å². The van der Waals surface area contributed by atoms with E-state index in [1.54, 1.807) is 7.11 Å². The third-order valence-electron chi connectivity index (χ3n) is 5.22. The summed E-state index contributed by atoms with van der Waals surface area (Å²) < 4.78 is 5.34. The Bertz CT molecular complexity index is 735. The quantitative estimate of drug-likeness (QED) is 0.793. The number of rotatable bonds is 6. The van der Waals surface area contributed by atoms with E-state index in [9.17, 15) is 4.79 Å². The van der Waals surface area contributed by atoms with Gasteiger partial charge in [-0.2, -0.15) is 0 Å². The Morgan fingerprint density at radius 2 is 1.81 bits per heavy atom. The fourth-order valence-electron chi connectivity index (χ4n) is 3.63. The van der Waals surface area contributed by atoms with Gasteiger partial charge in [-0.3, -0.25) is 4.79 Å². The molecule has 27 heavy (non-hydrogen) atoms. The molecule has 0 aliphatic carbocycles. The molecule has 0 saturated carbocycles. The van der Waals surface area contributed by atoms with Crippen molar-refractivity contribution in [3.05, 3.63) is 59.7 Å². The van der Waals surface area contributed by atoms with E-state index in [-0.39, 0.29) is 18.3 Å². The van der Waals surface area contributed by atoms with Crippen molar-refractivity contribution in [1.82, 2.24) is 10.6 Å². The van der Waals surface area contributed by atoms with E-state index >= 15 is 0 Å². The predicted molar refractivity (Wildman–Crippen MR) is 112 cm³/mol. The zero-order valence-corrected chi connectivity index (χ0v) is 16.9. The van der Waals surface area contributed by atoms with Crippen molar-refractivity contribution >= 4 is 18.3 Å². The van der Waals surface area contributed by atoms with Gasteiger partial charge in [0.15, 0.2) is 0 Å². The van der Waals surface area contributed by atoms with Gasteiger partial charge in [0.05, 0.1) is 12.0 Å². The monoisotopic (exact) mass is 388 g/mol. The van der Waals surface area contributed by atoms with Crippen LogP contribution in [0, 0.1) is 12.3 Å². The average molecular weight is 389 g/mol. The van der Waals surface area contributed by atoms with Crippen LogP contribution in [0.4, 0.5) is 0 Å². The third-order valence-corrected chi connectivity index (χ3v) is 5.22. The number of aryl methyl sites for hydroxylation is 1. The second-order valence-electron chi connectivity index (χ2n) is 7.21. The lowest BCUT2D eigenvalue weighted by Gasteiger charge is -2.35. The van der Waals surface area contributed by atoms with Gasteiger partial charge in [-0.05, 0) is 49.5 Å². The van der Waals surface area contributed by atoms with E-state index in [0.29, 0.717) is 13.2 Å². The fraction of sp³-hybridized carbons (Fsp3) is 0.409. The lowest BCUT2D eigenvalue weighted by atomic mass is 9.78. The molecule has 1 aliphatic rings. The highest BCUT2D eigenvalue weighted by Crippen LogP contribution is 2.29. The Balaban J connectivity index is 0.00000261. The van der Waals surface area contributed by atoms with E-state index in [2.05, 4.69) is 66.1 Å². The highest BCUT2D eigenvalue weighted by molar-refractivity contribution is 5.85. The van der Waals surface area contributed by atoms with Crippen LogP contribution in [0.25, 0.3) is 11.1 Å². The topological polar surface area (TPSA) is 50.4 Å². The van der Waals surface area contributed by atoms with Crippen LogP contribution in [0.3, 0.4) is 0 Å². The van der Waals surface area contributed by atoms with E-state index in [0.717, 1.165) is 31.5 Å². The molecule has 2 aromatic rings. The summed E-state index contributed by atoms with van der Waals surface area (Å²) in [6.45, 7) is 4.85. The summed E-state index contributed by atoms with van der Waals surface area (Å²) in [7, 11) is 1.67. The summed E-state index contributed by atoms with van der Waals surface area (Å²) in [4.78, 5) is 12.8.